The molecule has 1 aliphatic heterocycles. The van der Waals surface area contributed by atoms with Crippen LogP contribution < -0.4 is 0 Å². The molecule has 0 bridgehead atoms. The van der Waals surface area contributed by atoms with Crippen LogP contribution in [0.5, 0.6) is 0 Å². The first-order valence-electron chi connectivity index (χ1n) is 4.69. The SMILES string of the molecule is CCC=C(C)C(=O)OCC1CCO1. The van der Waals surface area contributed by atoms with Crippen molar-refractivity contribution in [1.29, 1.82) is 0 Å². The number of carbonyl (C=O) groups excluding carboxylic acids is 1. The Hall–Kier alpha value is -0.830. The summed E-state index contributed by atoms with van der Waals surface area (Å²) in [5.41, 5.74) is 0.682. The molecule has 1 rings (SSSR count). The van der Waals surface area contributed by atoms with Gasteiger partial charge in [0.2, 0.25) is 0 Å². The summed E-state index contributed by atoms with van der Waals surface area (Å²) in [6.07, 6.45) is 3.87. The maximum Gasteiger partial charge on any atom is 0.333 e. The molecular formula is C10H16O3. The minimum Gasteiger partial charge on any atom is -0.460 e. The van der Waals surface area contributed by atoms with Gasteiger partial charge in [-0.15, -0.1) is 0 Å². The highest BCUT2D eigenvalue weighted by molar-refractivity contribution is 5.87. The maximum atomic E-state index is 11.2. The van der Waals surface area contributed by atoms with Crippen LogP contribution in [0.2, 0.25) is 0 Å². The predicted octanol–water partition coefficient (Wildman–Crippen LogP) is 1.67. The van der Waals surface area contributed by atoms with Gasteiger partial charge in [-0.3, -0.25) is 0 Å². The summed E-state index contributed by atoms with van der Waals surface area (Å²) in [5.74, 6) is -0.225. The van der Waals surface area contributed by atoms with Crippen molar-refractivity contribution in [3.63, 3.8) is 0 Å². The molecule has 1 fully saturated rings. The van der Waals surface area contributed by atoms with Crippen LogP contribution in [0, 0.1) is 0 Å². The van der Waals surface area contributed by atoms with Crippen LogP contribution in [0.3, 0.4) is 0 Å². The molecule has 13 heavy (non-hydrogen) atoms. The summed E-state index contributed by atoms with van der Waals surface area (Å²) in [7, 11) is 0. The Kier molecular flexibility index (Phi) is 3.96. The van der Waals surface area contributed by atoms with E-state index in [2.05, 4.69) is 0 Å². The first kappa shape index (κ1) is 10.3. The van der Waals surface area contributed by atoms with Crippen LogP contribution in [0.4, 0.5) is 0 Å². The van der Waals surface area contributed by atoms with E-state index in [1.165, 1.54) is 0 Å². The third-order valence-electron chi connectivity index (χ3n) is 2.03. The lowest BCUT2D eigenvalue weighted by molar-refractivity contribution is -0.149. The molecule has 0 aromatic heterocycles. The lowest BCUT2D eigenvalue weighted by Crippen LogP contribution is -2.32. The van der Waals surface area contributed by atoms with Gasteiger partial charge in [0.1, 0.15) is 6.61 Å². The van der Waals surface area contributed by atoms with Crippen LogP contribution in [0.15, 0.2) is 11.6 Å². The number of ether oxygens (including phenoxy) is 2. The fourth-order valence-corrected chi connectivity index (χ4v) is 1.09. The second kappa shape index (κ2) is 5.02. The van der Waals surface area contributed by atoms with Gasteiger partial charge in [-0.25, -0.2) is 4.79 Å². The van der Waals surface area contributed by atoms with Gasteiger partial charge in [-0.2, -0.15) is 0 Å². The lowest BCUT2D eigenvalue weighted by Gasteiger charge is -2.25. The number of allylic oxidation sites excluding steroid dienone is 1. The van der Waals surface area contributed by atoms with Crippen LogP contribution in [-0.4, -0.2) is 25.3 Å². The minimum absolute atomic E-state index is 0.137. The number of hydrogen-bond donors (Lipinski definition) is 0. The van der Waals surface area contributed by atoms with Crippen molar-refractivity contribution in [3.05, 3.63) is 11.6 Å². The van der Waals surface area contributed by atoms with Crippen molar-refractivity contribution in [3.8, 4) is 0 Å². The lowest BCUT2D eigenvalue weighted by atomic mass is 10.2. The highest BCUT2D eigenvalue weighted by Crippen LogP contribution is 2.11. The topological polar surface area (TPSA) is 35.5 Å². The van der Waals surface area contributed by atoms with Crippen molar-refractivity contribution < 1.29 is 14.3 Å². The molecular weight excluding hydrogens is 168 g/mol. The zero-order valence-corrected chi connectivity index (χ0v) is 8.21. The van der Waals surface area contributed by atoms with E-state index in [1.807, 2.05) is 13.0 Å². The molecule has 1 unspecified atom stereocenters. The van der Waals surface area contributed by atoms with E-state index in [1.54, 1.807) is 6.92 Å². The molecule has 3 nitrogen and oxygen atoms in total. The van der Waals surface area contributed by atoms with Gasteiger partial charge in [0.15, 0.2) is 0 Å². The Morgan fingerprint density at radius 1 is 1.69 bits per heavy atom. The summed E-state index contributed by atoms with van der Waals surface area (Å²) in [4.78, 5) is 11.2. The number of hydrogen-bond acceptors (Lipinski definition) is 3. The van der Waals surface area contributed by atoms with Gasteiger partial charge in [0, 0.05) is 18.6 Å². The smallest absolute Gasteiger partial charge is 0.333 e. The second-order valence-electron chi connectivity index (χ2n) is 3.18. The van der Waals surface area contributed by atoms with Crippen molar-refractivity contribution in [2.45, 2.75) is 32.8 Å². The quantitative estimate of drug-likeness (QED) is 0.492. The summed E-state index contributed by atoms with van der Waals surface area (Å²) in [5, 5.41) is 0. The predicted molar refractivity (Wildman–Crippen MR) is 49.4 cm³/mol. The van der Waals surface area contributed by atoms with Crippen LogP contribution in [-0.2, 0) is 14.3 Å². The second-order valence-corrected chi connectivity index (χ2v) is 3.18. The first-order chi connectivity index (χ1) is 6.24. The van der Waals surface area contributed by atoms with Crippen molar-refractivity contribution in [2.75, 3.05) is 13.2 Å². The average molecular weight is 184 g/mol. The van der Waals surface area contributed by atoms with Gasteiger partial charge in [0.25, 0.3) is 0 Å². The average Bonchev–Trinajstić information content (AvgIpc) is 2.01. The fraction of sp³-hybridized carbons (Fsp3) is 0.700. The Morgan fingerprint density at radius 2 is 2.38 bits per heavy atom. The molecule has 0 aromatic carbocycles. The molecule has 74 valence electrons. The molecule has 0 radical (unpaired) electrons. The fourth-order valence-electron chi connectivity index (χ4n) is 1.09. The van der Waals surface area contributed by atoms with Crippen molar-refractivity contribution >= 4 is 5.97 Å². The molecule has 1 heterocycles. The molecule has 1 atom stereocenters. The zero-order chi connectivity index (χ0) is 9.68. The molecule has 0 N–H and O–H groups in total. The van der Waals surface area contributed by atoms with E-state index in [0.29, 0.717) is 12.2 Å². The van der Waals surface area contributed by atoms with Crippen molar-refractivity contribution in [1.82, 2.24) is 0 Å². The molecule has 0 amide bonds. The number of esters is 1. The van der Waals surface area contributed by atoms with E-state index in [0.717, 1.165) is 19.4 Å². The Bertz CT molecular complexity index is 204. The van der Waals surface area contributed by atoms with Gasteiger partial charge < -0.3 is 9.47 Å². The molecule has 1 aliphatic rings. The normalized spacial score (nSPS) is 22.3. The zero-order valence-electron chi connectivity index (χ0n) is 8.21. The molecule has 0 saturated carbocycles. The Morgan fingerprint density at radius 3 is 2.85 bits per heavy atom. The summed E-state index contributed by atoms with van der Waals surface area (Å²) < 4.78 is 10.2. The van der Waals surface area contributed by atoms with Gasteiger partial charge in [-0.1, -0.05) is 13.0 Å². The summed E-state index contributed by atoms with van der Waals surface area (Å²) in [6.45, 7) is 4.96. The molecule has 0 aromatic rings. The van der Waals surface area contributed by atoms with E-state index in [9.17, 15) is 4.79 Å². The van der Waals surface area contributed by atoms with Gasteiger partial charge >= 0.3 is 5.97 Å². The minimum atomic E-state index is -0.225. The number of carbonyl (C=O) groups is 1. The van der Waals surface area contributed by atoms with Crippen LogP contribution in [0.1, 0.15) is 26.7 Å². The van der Waals surface area contributed by atoms with E-state index >= 15 is 0 Å². The monoisotopic (exact) mass is 184 g/mol. The summed E-state index contributed by atoms with van der Waals surface area (Å²) >= 11 is 0. The van der Waals surface area contributed by atoms with E-state index < -0.39 is 0 Å². The molecule has 3 heteroatoms. The van der Waals surface area contributed by atoms with E-state index in [-0.39, 0.29) is 12.1 Å². The van der Waals surface area contributed by atoms with Crippen molar-refractivity contribution in [2.24, 2.45) is 0 Å². The standard InChI is InChI=1S/C10H16O3/c1-3-4-8(2)10(11)13-7-9-5-6-12-9/h4,9H,3,5-7H2,1-2H3. The Labute approximate surface area is 78.7 Å². The van der Waals surface area contributed by atoms with Crippen LogP contribution in [0.25, 0.3) is 0 Å². The largest absolute Gasteiger partial charge is 0.460 e. The highest BCUT2D eigenvalue weighted by atomic mass is 16.6. The molecule has 0 spiro atoms. The molecule has 0 aliphatic carbocycles. The van der Waals surface area contributed by atoms with Gasteiger partial charge in [-0.05, 0) is 13.3 Å². The summed E-state index contributed by atoms with van der Waals surface area (Å²) in [6, 6.07) is 0. The highest BCUT2D eigenvalue weighted by Gasteiger charge is 2.19. The third kappa shape index (κ3) is 3.19. The first-order valence-corrected chi connectivity index (χ1v) is 4.69. The van der Waals surface area contributed by atoms with Gasteiger partial charge in [0.05, 0.1) is 6.10 Å². The number of rotatable bonds is 4. The third-order valence-corrected chi connectivity index (χ3v) is 2.03. The maximum absolute atomic E-state index is 11.2. The molecule has 1 saturated heterocycles. The Balaban J connectivity index is 2.19. The van der Waals surface area contributed by atoms with E-state index in [4.69, 9.17) is 9.47 Å². The van der Waals surface area contributed by atoms with Crippen LogP contribution >= 0.6 is 0 Å².